The van der Waals surface area contributed by atoms with E-state index in [1.54, 1.807) is 6.26 Å². The van der Waals surface area contributed by atoms with Gasteiger partial charge in [0.05, 0.1) is 18.6 Å². The summed E-state index contributed by atoms with van der Waals surface area (Å²) in [4.78, 5) is 11.9. The predicted octanol–water partition coefficient (Wildman–Crippen LogP) is 3.80. The maximum Gasteiger partial charge on any atom is 0.319 e. The number of benzene rings is 1. The highest BCUT2D eigenvalue weighted by molar-refractivity contribution is 5.90. The fourth-order valence-electron chi connectivity index (χ4n) is 2.02. The van der Waals surface area contributed by atoms with E-state index in [1.807, 2.05) is 43.3 Å². The molecule has 24 heavy (non-hydrogen) atoms. The first-order chi connectivity index (χ1) is 11.8. The molecule has 0 radical (unpaired) electrons. The summed E-state index contributed by atoms with van der Waals surface area (Å²) in [6, 6.07) is 10.8. The monoisotopic (exact) mass is 332 g/mol. The number of furan rings is 1. The molecule has 1 heterocycles. The van der Waals surface area contributed by atoms with Crippen LogP contribution in [0.1, 0.15) is 25.5 Å². The normalized spacial score (nSPS) is 10.4. The molecule has 0 fully saturated rings. The van der Waals surface area contributed by atoms with Crippen molar-refractivity contribution < 1.29 is 18.7 Å². The van der Waals surface area contributed by atoms with E-state index in [0.29, 0.717) is 37.8 Å². The van der Waals surface area contributed by atoms with Gasteiger partial charge >= 0.3 is 6.03 Å². The van der Waals surface area contributed by atoms with E-state index in [-0.39, 0.29) is 6.03 Å². The SMILES string of the molecule is CCCOc1ccccc1NC(=O)NCCCOCc1ccco1. The summed E-state index contributed by atoms with van der Waals surface area (Å²) in [6.45, 7) is 4.19. The highest BCUT2D eigenvalue weighted by atomic mass is 16.5. The van der Waals surface area contributed by atoms with E-state index < -0.39 is 0 Å². The molecule has 0 spiro atoms. The maximum atomic E-state index is 11.9. The van der Waals surface area contributed by atoms with Crippen molar-refractivity contribution in [3.63, 3.8) is 0 Å². The van der Waals surface area contributed by atoms with Crippen LogP contribution in [-0.2, 0) is 11.3 Å². The Kier molecular flexibility index (Phi) is 7.70. The molecule has 0 aliphatic rings. The summed E-state index contributed by atoms with van der Waals surface area (Å²) in [5, 5.41) is 5.60. The lowest BCUT2D eigenvalue weighted by atomic mass is 10.3. The van der Waals surface area contributed by atoms with Crippen molar-refractivity contribution in [2.45, 2.75) is 26.4 Å². The Labute approximate surface area is 142 Å². The van der Waals surface area contributed by atoms with E-state index in [1.165, 1.54) is 0 Å². The number of nitrogens with one attached hydrogen (secondary N) is 2. The van der Waals surface area contributed by atoms with E-state index in [2.05, 4.69) is 10.6 Å². The molecule has 6 nitrogen and oxygen atoms in total. The molecule has 0 saturated carbocycles. The van der Waals surface area contributed by atoms with Crippen LogP contribution in [0.25, 0.3) is 0 Å². The van der Waals surface area contributed by atoms with Crippen molar-refractivity contribution in [2.75, 3.05) is 25.1 Å². The summed E-state index contributed by atoms with van der Waals surface area (Å²) in [5.74, 6) is 1.47. The molecular formula is C18H24N2O4. The minimum absolute atomic E-state index is 0.256. The molecular weight excluding hydrogens is 308 g/mol. The second kappa shape index (κ2) is 10.3. The molecule has 2 N–H and O–H groups in total. The van der Waals surface area contributed by atoms with Gasteiger partial charge in [-0.2, -0.15) is 0 Å². The molecule has 0 unspecified atom stereocenters. The third-order valence-electron chi connectivity index (χ3n) is 3.17. The van der Waals surface area contributed by atoms with Gasteiger partial charge in [-0.3, -0.25) is 0 Å². The van der Waals surface area contributed by atoms with Crippen molar-refractivity contribution in [2.24, 2.45) is 0 Å². The number of hydrogen-bond acceptors (Lipinski definition) is 4. The fraction of sp³-hybridized carbons (Fsp3) is 0.389. The van der Waals surface area contributed by atoms with Gasteiger partial charge in [-0.15, -0.1) is 0 Å². The second-order valence-electron chi connectivity index (χ2n) is 5.21. The van der Waals surface area contributed by atoms with Gasteiger partial charge in [0, 0.05) is 13.2 Å². The lowest BCUT2D eigenvalue weighted by molar-refractivity contribution is 0.104. The largest absolute Gasteiger partial charge is 0.491 e. The third kappa shape index (κ3) is 6.34. The van der Waals surface area contributed by atoms with Crippen molar-refractivity contribution >= 4 is 11.7 Å². The Bertz CT molecular complexity index is 599. The topological polar surface area (TPSA) is 72.7 Å². The van der Waals surface area contributed by atoms with Crippen LogP contribution in [0, 0.1) is 0 Å². The molecule has 0 atom stereocenters. The number of urea groups is 1. The van der Waals surface area contributed by atoms with E-state index in [0.717, 1.165) is 18.6 Å². The Morgan fingerprint density at radius 1 is 1.17 bits per heavy atom. The lowest BCUT2D eigenvalue weighted by Crippen LogP contribution is -2.30. The predicted molar refractivity (Wildman–Crippen MR) is 92.2 cm³/mol. The zero-order valence-corrected chi connectivity index (χ0v) is 13.9. The van der Waals surface area contributed by atoms with Crippen LogP contribution in [0.15, 0.2) is 47.1 Å². The molecule has 2 amide bonds. The smallest absolute Gasteiger partial charge is 0.319 e. The van der Waals surface area contributed by atoms with Crippen LogP contribution in [-0.4, -0.2) is 25.8 Å². The van der Waals surface area contributed by atoms with Crippen molar-refractivity contribution in [1.29, 1.82) is 0 Å². The summed E-state index contributed by atoms with van der Waals surface area (Å²) in [7, 11) is 0. The Hall–Kier alpha value is -2.47. The third-order valence-corrected chi connectivity index (χ3v) is 3.17. The summed E-state index contributed by atoms with van der Waals surface area (Å²) < 4.78 is 16.2. The van der Waals surface area contributed by atoms with Crippen LogP contribution < -0.4 is 15.4 Å². The van der Waals surface area contributed by atoms with E-state index >= 15 is 0 Å². The highest BCUT2D eigenvalue weighted by Gasteiger charge is 2.06. The van der Waals surface area contributed by atoms with Crippen LogP contribution in [0.3, 0.4) is 0 Å². The van der Waals surface area contributed by atoms with Gasteiger partial charge in [-0.05, 0) is 37.1 Å². The van der Waals surface area contributed by atoms with Gasteiger partial charge in [0.15, 0.2) is 0 Å². The zero-order valence-electron chi connectivity index (χ0n) is 13.9. The molecule has 0 aliphatic carbocycles. The van der Waals surface area contributed by atoms with E-state index in [9.17, 15) is 4.79 Å². The van der Waals surface area contributed by atoms with Gasteiger partial charge in [0.1, 0.15) is 18.1 Å². The number of para-hydroxylation sites is 2. The van der Waals surface area contributed by atoms with Crippen LogP contribution in [0.4, 0.5) is 10.5 Å². The summed E-state index contributed by atoms with van der Waals surface area (Å²) >= 11 is 0. The second-order valence-corrected chi connectivity index (χ2v) is 5.21. The first-order valence-corrected chi connectivity index (χ1v) is 8.16. The number of hydrogen-bond donors (Lipinski definition) is 2. The quantitative estimate of drug-likeness (QED) is 0.649. The first kappa shape index (κ1) is 17.9. The van der Waals surface area contributed by atoms with Crippen LogP contribution >= 0.6 is 0 Å². The fourth-order valence-corrected chi connectivity index (χ4v) is 2.02. The van der Waals surface area contributed by atoms with Crippen molar-refractivity contribution in [3.8, 4) is 5.75 Å². The zero-order chi connectivity index (χ0) is 17.0. The van der Waals surface area contributed by atoms with Gasteiger partial charge in [0.2, 0.25) is 0 Å². The Balaban J connectivity index is 1.62. The van der Waals surface area contributed by atoms with Crippen molar-refractivity contribution in [1.82, 2.24) is 5.32 Å². The number of ether oxygens (including phenoxy) is 2. The average Bonchev–Trinajstić information content (AvgIpc) is 3.10. The number of rotatable bonds is 10. The number of amides is 2. The van der Waals surface area contributed by atoms with Gasteiger partial charge < -0.3 is 24.5 Å². The Morgan fingerprint density at radius 3 is 2.83 bits per heavy atom. The van der Waals surface area contributed by atoms with E-state index in [4.69, 9.17) is 13.9 Å². The molecule has 0 saturated heterocycles. The number of carbonyl (C=O) groups excluding carboxylic acids is 1. The number of anilines is 1. The molecule has 2 rings (SSSR count). The lowest BCUT2D eigenvalue weighted by Gasteiger charge is -2.12. The first-order valence-electron chi connectivity index (χ1n) is 8.16. The van der Waals surface area contributed by atoms with Crippen LogP contribution in [0.5, 0.6) is 5.75 Å². The van der Waals surface area contributed by atoms with Gasteiger partial charge in [-0.1, -0.05) is 19.1 Å². The van der Waals surface area contributed by atoms with Gasteiger partial charge in [-0.25, -0.2) is 4.79 Å². The minimum atomic E-state index is -0.256. The summed E-state index contributed by atoms with van der Waals surface area (Å²) in [5.41, 5.74) is 0.664. The highest BCUT2D eigenvalue weighted by Crippen LogP contribution is 2.23. The molecule has 1 aromatic carbocycles. The molecule has 0 bridgehead atoms. The minimum Gasteiger partial charge on any atom is -0.491 e. The van der Waals surface area contributed by atoms with Crippen LogP contribution in [0.2, 0.25) is 0 Å². The molecule has 130 valence electrons. The number of carbonyl (C=O) groups is 1. The Morgan fingerprint density at radius 2 is 2.04 bits per heavy atom. The average molecular weight is 332 g/mol. The maximum absolute atomic E-state index is 11.9. The molecule has 0 aliphatic heterocycles. The van der Waals surface area contributed by atoms with Gasteiger partial charge in [0.25, 0.3) is 0 Å². The molecule has 2 aromatic rings. The molecule has 1 aromatic heterocycles. The standard InChI is InChI=1S/C18H24N2O4/c1-2-11-24-17-9-4-3-8-16(17)20-18(21)19-10-6-12-22-14-15-7-5-13-23-15/h3-5,7-9,13H,2,6,10-12,14H2,1H3,(H2,19,20,21). The summed E-state index contributed by atoms with van der Waals surface area (Å²) in [6.07, 6.45) is 3.26. The van der Waals surface area contributed by atoms with Crippen molar-refractivity contribution in [3.05, 3.63) is 48.4 Å². The molecule has 6 heteroatoms.